The Morgan fingerprint density at radius 1 is 1.31 bits per heavy atom. The predicted octanol–water partition coefficient (Wildman–Crippen LogP) is 2.06. The molecule has 0 bridgehead atoms. The number of aliphatic hydroxyl groups excluding tert-OH is 1. The topological polar surface area (TPSA) is 142 Å². The number of halogens is 2. The Morgan fingerprint density at radius 3 is 2.80 bits per heavy atom. The van der Waals surface area contributed by atoms with Gasteiger partial charge in [0.1, 0.15) is 18.5 Å². The van der Waals surface area contributed by atoms with Crippen molar-refractivity contribution in [1.29, 1.82) is 0 Å². The van der Waals surface area contributed by atoms with E-state index in [1.165, 1.54) is 0 Å². The lowest BCUT2D eigenvalue weighted by Gasteiger charge is -2.21. The lowest BCUT2D eigenvalue weighted by atomic mass is 10.1. The highest BCUT2D eigenvalue weighted by molar-refractivity contribution is 5.83. The number of nitrogens with one attached hydrogen (secondary N) is 1. The maximum Gasteiger partial charge on any atom is 0.412 e. The van der Waals surface area contributed by atoms with Gasteiger partial charge in [0.05, 0.1) is 6.61 Å². The summed E-state index contributed by atoms with van der Waals surface area (Å²) in [5, 5.41) is 12.3. The minimum atomic E-state index is -3.88. The molecule has 0 unspecified atom stereocenters. The van der Waals surface area contributed by atoms with Gasteiger partial charge in [-0.1, -0.05) is 19.4 Å². The first-order chi connectivity index (χ1) is 16.7. The number of esters is 1. The van der Waals surface area contributed by atoms with Crippen molar-refractivity contribution in [2.45, 2.75) is 57.0 Å². The van der Waals surface area contributed by atoms with Crippen LogP contribution in [-0.2, 0) is 25.4 Å². The van der Waals surface area contributed by atoms with Crippen molar-refractivity contribution in [3.63, 3.8) is 0 Å². The summed E-state index contributed by atoms with van der Waals surface area (Å²) in [6.07, 6.45) is -1.03. The highest BCUT2D eigenvalue weighted by Gasteiger charge is 2.60. The summed E-state index contributed by atoms with van der Waals surface area (Å²) in [5.74, 6) is -4.75. The molecule has 190 valence electrons. The van der Waals surface area contributed by atoms with Gasteiger partial charge in [0.25, 0.3) is 0 Å². The zero-order valence-electron chi connectivity index (χ0n) is 18.9. The third kappa shape index (κ3) is 6.79. The average Bonchev–Trinajstić information content (AvgIpc) is 3.05. The number of hydrogen-bond acceptors (Lipinski definition) is 9. The lowest BCUT2D eigenvalue weighted by Crippen LogP contribution is -2.42. The van der Waals surface area contributed by atoms with E-state index in [1.54, 1.807) is 24.5 Å². The van der Waals surface area contributed by atoms with Crippen LogP contribution in [0.3, 0.4) is 0 Å². The molecule has 1 saturated heterocycles. The number of alkyl halides is 2. The van der Waals surface area contributed by atoms with Crippen molar-refractivity contribution >= 4 is 17.9 Å². The van der Waals surface area contributed by atoms with Crippen LogP contribution in [0.25, 0.3) is 0 Å². The van der Waals surface area contributed by atoms with E-state index >= 15 is 0 Å². The van der Waals surface area contributed by atoms with Crippen molar-refractivity contribution in [2.24, 2.45) is 0 Å². The Bertz CT molecular complexity index is 1070. The molecule has 2 N–H and O–H groups in total. The molecule has 0 saturated carbocycles. The highest BCUT2D eigenvalue weighted by Crippen LogP contribution is 2.42. The SMILES string of the molecule is CCCCOC(=O)Nc1ccn([C@@H]2O[C@H](COC(=O)CCc3cccnc3)[C@@H](O)C2(F)F)c(=O)n1. The standard InChI is InChI=1S/C22H26F2N4O7/c1-2-3-11-33-21(32)27-16-8-10-28(20(31)26-16)19-22(23,24)18(30)15(35-19)13-34-17(29)7-6-14-5-4-9-25-12-14/h4-5,8-10,12,15,18-19,30H,2-3,6-7,11,13H2,1H3,(H,26,27,31,32)/t15-,18-,19-/m1/s1. The van der Waals surface area contributed by atoms with Gasteiger partial charge in [0, 0.05) is 25.0 Å². The van der Waals surface area contributed by atoms with Crippen molar-refractivity contribution in [2.75, 3.05) is 18.5 Å². The quantitative estimate of drug-likeness (QED) is 0.373. The van der Waals surface area contributed by atoms with Crippen molar-refractivity contribution < 1.29 is 37.7 Å². The molecule has 1 amide bonds. The third-order valence-corrected chi connectivity index (χ3v) is 5.17. The van der Waals surface area contributed by atoms with Crippen LogP contribution in [0.4, 0.5) is 19.4 Å². The Kier molecular flexibility index (Phi) is 8.82. The van der Waals surface area contributed by atoms with Crippen LogP contribution in [0.5, 0.6) is 0 Å². The fourth-order valence-corrected chi connectivity index (χ4v) is 3.26. The molecular weight excluding hydrogens is 470 g/mol. The first kappa shape index (κ1) is 26.2. The smallest absolute Gasteiger partial charge is 0.412 e. The molecule has 1 aliphatic rings. The number of aromatic nitrogens is 3. The molecular formula is C22H26F2N4O7. The predicted molar refractivity (Wildman–Crippen MR) is 117 cm³/mol. The molecule has 0 aromatic carbocycles. The van der Waals surface area contributed by atoms with Crippen LogP contribution in [0, 0.1) is 0 Å². The van der Waals surface area contributed by atoms with Crippen LogP contribution in [0.15, 0.2) is 41.6 Å². The number of aryl methyl sites for hydroxylation is 1. The van der Waals surface area contributed by atoms with Gasteiger partial charge in [-0.15, -0.1) is 0 Å². The first-order valence-corrected chi connectivity index (χ1v) is 11.0. The van der Waals surface area contributed by atoms with Crippen molar-refractivity contribution in [1.82, 2.24) is 14.5 Å². The second-order valence-electron chi connectivity index (χ2n) is 7.81. The molecule has 13 heteroatoms. The number of ether oxygens (including phenoxy) is 3. The minimum absolute atomic E-state index is 0.0208. The van der Waals surface area contributed by atoms with Gasteiger partial charge >= 0.3 is 23.7 Å². The summed E-state index contributed by atoms with van der Waals surface area (Å²) >= 11 is 0. The van der Waals surface area contributed by atoms with Crippen molar-refractivity contribution in [3.05, 3.63) is 52.8 Å². The number of aliphatic hydroxyl groups is 1. The zero-order chi connectivity index (χ0) is 25.4. The Labute approximate surface area is 199 Å². The number of hydrogen-bond donors (Lipinski definition) is 2. The molecule has 11 nitrogen and oxygen atoms in total. The molecule has 0 aliphatic carbocycles. The van der Waals surface area contributed by atoms with E-state index in [1.807, 2.05) is 6.92 Å². The van der Waals surface area contributed by atoms with Gasteiger partial charge in [-0.3, -0.25) is 19.7 Å². The van der Waals surface area contributed by atoms with E-state index in [0.29, 0.717) is 17.4 Å². The van der Waals surface area contributed by atoms with Gasteiger partial charge in [0.15, 0.2) is 6.10 Å². The molecule has 0 spiro atoms. The van der Waals surface area contributed by atoms with E-state index in [9.17, 15) is 28.3 Å². The van der Waals surface area contributed by atoms with Gasteiger partial charge < -0.3 is 19.3 Å². The number of unbranched alkanes of at least 4 members (excludes halogenated alkanes) is 1. The highest BCUT2D eigenvalue weighted by atomic mass is 19.3. The van der Waals surface area contributed by atoms with Crippen LogP contribution >= 0.6 is 0 Å². The van der Waals surface area contributed by atoms with Crippen molar-refractivity contribution in [3.8, 4) is 0 Å². The monoisotopic (exact) mass is 496 g/mol. The van der Waals surface area contributed by atoms with Gasteiger partial charge in [-0.05, 0) is 30.5 Å². The van der Waals surface area contributed by atoms with Crippen LogP contribution in [0.2, 0.25) is 0 Å². The van der Waals surface area contributed by atoms with Gasteiger partial charge in [-0.25, -0.2) is 9.59 Å². The van der Waals surface area contributed by atoms with E-state index in [4.69, 9.17) is 14.2 Å². The molecule has 1 aliphatic heterocycles. The summed E-state index contributed by atoms with van der Waals surface area (Å²) in [5.41, 5.74) is -0.352. The van der Waals surface area contributed by atoms with E-state index < -0.39 is 48.7 Å². The van der Waals surface area contributed by atoms with Gasteiger partial charge in [0.2, 0.25) is 6.23 Å². The summed E-state index contributed by atoms with van der Waals surface area (Å²) in [6, 6.07) is 4.60. The molecule has 3 atom stereocenters. The van der Waals surface area contributed by atoms with E-state index in [0.717, 1.165) is 24.2 Å². The van der Waals surface area contributed by atoms with Gasteiger partial charge in [-0.2, -0.15) is 13.8 Å². The largest absolute Gasteiger partial charge is 0.463 e. The number of anilines is 1. The minimum Gasteiger partial charge on any atom is -0.463 e. The Morgan fingerprint density at radius 2 is 2.11 bits per heavy atom. The summed E-state index contributed by atoms with van der Waals surface area (Å²) in [6.45, 7) is 1.46. The maximum absolute atomic E-state index is 14.7. The molecule has 1 fully saturated rings. The number of carbonyl (C=O) groups excluding carboxylic acids is 2. The second kappa shape index (κ2) is 11.8. The zero-order valence-corrected chi connectivity index (χ0v) is 18.9. The summed E-state index contributed by atoms with van der Waals surface area (Å²) < 4.78 is 44.9. The molecule has 2 aromatic rings. The lowest BCUT2D eigenvalue weighted by molar-refractivity contribution is -0.150. The first-order valence-electron chi connectivity index (χ1n) is 11.0. The summed E-state index contributed by atoms with van der Waals surface area (Å²) in [7, 11) is 0. The van der Waals surface area contributed by atoms with Crippen LogP contribution < -0.4 is 11.0 Å². The molecule has 35 heavy (non-hydrogen) atoms. The Balaban J connectivity index is 1.58. The van der Waals surface area contributed by atoms with Crippen LogP contribution in [0.1, 0.15) is 38.0 Å². The number of amides is 1. The fourth-order valence-electron chi connectivity index (χ4n) is 3.26. The number of carbonyl (C=O) groups is 2. The third-order valence-electron chi connectivity index (χ3n) is 5.17. The molecule has 3 rings (SSSR count). The Hall–Kier alpha value is -3.45. The number of nitrogens with zero attached hydrogens (tertiary/aromatic N) is 3. The molecule has 2 aromatic heterocycles. The normalized spacial score (nSPS) is 20.9. The maximum atomic E-state index is 14.7. The number of pyridine rings is 1. The average molecular weight is 496 g/mol. The van der Waals surface area contributed by atoms with Crippen LogP contribution in [-0.4, -0.2) is 63.0 Å². The second-order valence-corrected chi connectivity index (χ2v) is 7.81. The number of rotatable bonds is 10. The fraction of sp³-hybridized carbons (Fsp3) is 0.500. The molecule has 3 heterocycles. The van der Waals surface area contributed by atoms with E-state index in [-0.39, 0.29) is 18.8 Å². The molecule has 0 radical (unpaired) electrons. The summed E-state index contributed by atoms with van der Waals surface area (Å²) in [4.78, 5) is 43.5. The van der Waals surface area contributed by atoms with E-state index in [2.05, 4.69) is 15.3 Å².